The summed E-state index contributed by atoms with van der Waals surface area (Å²) in [7, 11) is 0. The molecule has 0 atom stereocenters. The second-order valence-electron chi connectivity index (χ2n) is 6.32. The molecule has 0 spiro atoms. The largest absolute Gasteiger partial charge is 0.434 e. The Hall–Kier alpha value is -3.53. The zero-order chi connectivity index (χ0) is 20.3. The van der Waals surface area contributed by atoms with Gasteiger partial charge < -0.3 is 9.26 Å². The first-order valence-corrected chi connectivity index (χ1v) is 8.46. The van der Waals surface area contributed by atoms with Gasteiger partial charge in [-0.1, -0.05) is 35.0 Å². The summed E-state index contributed by atoms with van der Waals surface area (Å²) in [6, 6.07) is 12.9. The second-order valence-corrected chi connectivity index (χ2v) is 6.32. The molecule has 0 radical (unpaired) electrons. The van der Waals surface area contributed by atoms with Crippen LogP contribution in [0.2, 0.25) is 0 Å². The lowest BCUT2D eigenvalue weighted by atomic mass is 10.0. The van der Waals surface area contributed by atoms with Crippen LogP contribution in [-0.4, -0.2) is 16.8 Å². The number of alkyl halides is 2. The number of hydrogen-bond acceptors (Lipinski definition) is 5. The number of nitrogens with zero attached hydrogens (tertiary/aromatic N) is 3. The first-order valence-electron chi connectivity index (χ1n) is 8.46. The Morgan fingerprint density at radius 1 is 1.14 bits per heavy atom. The standard InChI is InChI=1S/C21H17F2N3O2/c1-12-4-6-16(7-5-12)19-25-20(28-26-19)17(11-24)10-15-8-13(2)18(14(3)9-15)27-21(22)23/h4-10,21H,1-3H3/b17-10+. The number of nitriles is 1. The summed E-state index contributed by atoms with van der Waals surface area (Å²) in [6.45, 7) is 2.41. The summed E-state index contributed by atoms with van der Waals surface area (Å²) in [5.74, 6) is 0.593. The van der Waals surface area contributed by atoms with E-state index in [-0.39, 0.29) is 17.2 Å². The Bertz CT molecular complexity index is 1040. The summed E-state index contributed by atoms with van der Waals surface area (Å²) in [6.07, 6.45) is 1.57. The molecule has 1 aromatic heterocycles. The molecule has 0 aliphatic heterocycles. The highest BCUT2D eigenvalue weighted by molar-refractivity contribution is 5.87. The van der Waals surface area contributed by atoms with Crippen molar-refractivity contribution in [2.45, 2.75) is 27.4 Å². The van der Waals surface area contributed by atoms with E-state index in [1.165, 1.54) is 0 Å². The maximum absolute atomic E-state index is 12.5. The van der Waals surface area contributed by atoms with Gasteiger partial charge in [0, 0.05) is 5.56 Å². The van der Waals surface area contributed by atoms with E-state index in [9.17, 15) is 14.0 Å². The third kappa shape index (κ3) is 4.23. The van der Waals surface area contributed by atoms with Crippen molar-refractivity contribution in [2.75, 3.05) is 0 Å². The zero-order valence-electron chi connectivity index (χ0n) is 15.5. The molecule has 142 valence electrons. The predicted octanol–water partition coefficient (Wildman–Crippen LogP) is 5.33. The Labute approximate surface area is 160 Å². The lowest BCUT2D eigenvalue weighted by Gasteiger charge is -2.12. The molecule has 0 saturated carbocycles. The lowest BCUT2D eigenvalue weighted by Crippen LogP contribution is -2.05. The van der Waals surface area contributed by atoms with Crippen LogP contribution in [0.15, 0.2) is 40.9 Å². The van der Waals surface area contributed by atoms with Gasteiger partial charge in [-0.3, -0.25) is 0 Å². The first kappa shape index (κ1) is 19.2. The molecular weight excluding hydrogens is 364 g/mol. The smallest absolute Gasteiger partial charge is 0.387 e. The van der Waals surface area contributed by atoms with Gasteiger partial charge in [-0.05, 0) is 55.7 Å². The van der Waals surface area contributed by atoms with Gasteiger partial charge in [-0.15, -0.1) is 0 Å². The number of halogens is 2. The molecule has 0 unspecified atom stereocenters. The third-order valence-electron chi connectivity index (χ3n) is 4.09. The van der Waals surface area contributed by atoms with Crippen LogP contribution in [-0.2, 0) is 0 Å². The van der Waals surface area contributed by atoms with Crippen LogP contribution in [0.1, 0.15) is 28.1 Å². The summed E-state index contributed by atoms with van der Waals surface area (Å²) in [5.41, 5.74) is 3.77. The first-order chi connectivity index (χ1) is 13.4. The summed E-state index contributed by atoms with van der Waals surface area (Å²) in [5, 5.41) is 13.4. The molecule has 2 aromatic carbocycles. The fourth-order valence-electron chi connectivity index (χ4n) is 2.80. The second kappa shape index (κ2) is 8.01. The summed E-state index contributed by atoms with van der Waals surface area (Å²) < 4.78 is 34.8. The molecule has 3 aromatic rings. The number of aromatic nitrogens is 2. The Balaban J connectivity index is 1.93. The van der Waals surface area contributed by atoms with Crippen molar-refractivity contribution in [3.63, 3.8) is 0 Å². The minimum absolute atomic E-state index is 0.0845. The monoisotopic (exact) mass is 381 g/mol. The molecular formula is C21H17F2N3O2. The Morgan fingerprint density at radius 2 is 1.79 bits per heavy atom. The van der Waals surface area contributed by atoms with E-state index in [0.717, 1.165) is 11.1 Å². The van der Waals surface area contributed by atoms with E-state index in [1.54, 1.807) is 32.1 Å². The van der Waals surface area contributed by atoms with Gasteiger partial charge in [-0.25, -0.2) is 0 Å². The minimum Gasteiger partial charge on any atom is -0.434 e. The van der Waals surface area contributed by atoms with E-state index in [4.69, 9.17) is 4.52 Å². The molecule has 0 bridgehead atoms. The molecule has 0 aliphatic carbocycles. The molecule has 3 rings (SSSR count). The average Bonchev–Trinajstić information content (AvgIpc) is 3.13. The molecule has 1 heterocycles. The van der Waals surface area contributed by atoms with Crippen LogP contribution in [0.5, 0.6) is 5.75 Å². The van der Waals surface area contributed by atoms with Crippen LogP contribution in [0.25, 0.3) is 23.0 Å². The van der Waals surface area contributed by atoms with Crippen LogP contribution >= 0.6 is 0 Å². The van der Waals surface area contributed by atoms with Gasteiger partial charge in [0.15, 0.2) is 0 Å². The van der Waals surface area contributed by atoms with Gasteiger partial charge >= 0.3 is 6.61 Å². The number of rotatable bonds is 5. The van der Waals surface area contributed by atoms with Crippen molar-refractivity contribution in [1.82, 2.24) is 10.1 Å². The number of benzene rings is 2. The van der Waals surface area contributed by atoms with Crippen molar-refractivity contribution in [1.29, 1.82) is 5.26 Å². The maximum Gasteiger partial charge on any atom is 0.387 e. The number of aryl methyl sites for hydroxylation is 3. The van der Waals surface area contributed by atoms with E-state index in [1.807, 2.05) is 37.3 Å². The molecule has 0 saturated heterocycles. The molecule has 0 aliphatic rings. The molecule has 7 heteroatoms. The van der Waals surface area contributed by atoms with Gasteiger partial charge in [0.05, 0.1) is 0 Å². The third-order valence-corrected chi connectivity index (χ3v) is 4.09. The zero-order valence-corrected chi connectivity index (χ0v) is 15.5. The van der Waals surface area contributed by atoms with Crippen molar-refractivity contribution in [3.8, 4) is 23.2 Å². The molecule has 28 heavy (non-hydrogen) atoms. The van der Waals surface area contributed by atoms with Crippen LogP contribution in [0, 0.1) is 32.1 Å². The van der Waals surface area contributed by atoms with Gasteiger partial charge in [0.1, 0.15) is 17.4 Å². The van der Waals surface area contributed by atoms with Gasteiger partial charge in [0.25, 0.3) is 5.89 Å². The summed E-state index contributed by atoms with van der Waals surface area (Å²) in [4.78, 5) is 4.29. The Morgan fingerprint density at radius 3 is 2.36 bits per heavy atom. The summed E-state index contributed by atoms with van der Waals surface area (Å²) >= 11 is 0. The number of allylic oxidation sites excluding steroid dienone is 1. The van der Waals surface area contributed by atoms with Crippen molar-refractivity contribution >= 4 is 11.6 Å². The van der Waals surface area contributed by atoms with E-state index in [2.05, 4.69) is 14.9 Å². The SMILES string of the molecule is Cc1ccc(-c2noc(/C(C#N)=C/c3cc(C)c(OC(F)F)c(C)c3)n2)cc1. The van der Waals surface area contributed by atoms with E-state index < -0.39 is 6.61 Å². The van der Waals surface area contributed by atoms with E-state index in [0.29, 0.717) is 22.5 Å². The Kier molecular flexibility index (Phi) is 5.50. The highest BCUT2D eigenvalue weighted by Gasteiger charge is 2.15. The minimum atomic E-state index is -2.90. The average molecular weight is 381 g/mol. The normalized spacial score (nSPS) is 11.5. The fraction of sp³-hybridized carbons (Fsp3) is 0.190. The fourth-order valence-corrected chi connectivity index (χ4v) is 2.80. The predicted molar refractivity (Wildman–Crippen MR) is 101 cm³/mol. The molecule has 0 N–H and O–H groups in total. The van der Waals surface area contributed by atoms with Crippen LogP contribution in [0.4, 0.5) is 8.78 Å². The number of hydrogen-bond donors (Lipinski definition) is 0. The molecule has 0 amide bonds. The maximum atomic E-state index is 12.5. The van der Waals surface area contributed by atoms with Crippen LogP contribution in [0.3, 0.4) is 0 Å². The lowest BCUT2D eigenvalue weighted by molar-refractivity contribution is -0.0507. The van der Waals surface area contributed by atoms with Crippen molar-refractivity contribution < 1.29 is 18.0 Å². The quantitative estimate of drug-likeness (QED) is 0.559. The molecule has 0 fully saturated rings. The van der Waals surface area contributed by atoms with Gasteiger partial charge in [0.2, 0.25) is 5.82 Å². The van der Waals surface area contributed by atoms with Crippen LogP contribution < -0.4 is 4.74 Å². The number of ether oxygens (including phenoxy) is 1. The van der Waals surface area contributed by atoms with Gasteiger partial charge in [-0.2, -0.15) is 19.0 Å². The topological polar surface area (TPSA) is 71.9 Å². The van der Waals surface area contributed by atoms with Crippen molar-refractivity contribution in [3.05, 3.63) is 64.5 Å². The molecule has 5 nitrogen and oxygen atoms in total. The van der Waals surface area contributed by atoms with Crippen molar-refractivity contribution in [2.24, 2.45) is 0 Å². The highest BCUT2D eigenvalue weighted by Crippen LogP contribution is 2.28. The highest BCUT2D eigenvalue weighted by atomic mass is 19.3. The van der Waals surface area contributed by atoms with E-state index >= 15 is 0 Å².